The van der Waals surface area contributed by atoms with Crippen molar-refractivity contribution in [3.8, 4) is 0 Å². The van der Waals surface area contributed by atoms with E-state index >= 15 is 0 Å². The van der Waals surface area contributed by atoms with E-state index in [1.807, 2.05) is 12.1 Å². The zero-order valence-corrected chi connectivity index (χ0v) is 11.2. The standard InChI is InChI=1S/C13H18N2O2S/c1-2-7-3-4-9(18-7)13(16)15-11-10(14)8-5-6-17-12(8)11/h3-4,8,10-12H,2,5-6,14H2,1H3,(H,15,16). The van der Waals surface area contributed by atoms with Gasteiger partial charge >= 0.3 is 0 Å². The minimum Gasteiger partial charge on any atom is -0.376 e. The van der Waals surface area contributed by atoms with Gasteiger partial charge in [0, 0.05) is 23.4 Å². The summed E-state index contributed by atoms with van der Waals surface area (Å²) in [7, 11) is 0. The van der Waals surface area contributed by atoms with E-state index < -0.39 is 0 Å². The normalized spacial score (nSPS) is 33.9. The lowest BCUT2D eigenvalue weighted by atomic mass is 9.72. The molecular formula is C13H18N2O2S. The lowest BCUT2D eigenvalue weighted by Gasteiger charge is -2.45. The number of amides is 1. The summed E-state index contributed by atoms with van der Waals surface area (Å²) in [5.41, 5.74) is 6.07. The maximum absolute atomic E-state index is 12.1. The number of ether oxygens (including phenoxy) is 1. The maximum atomic E-state index is 12.1. The molecule has 0 bridgehead atoms. The van der Waals surface area contributed by atoms with Crippen molar-refractivity contribution in [1.82, 2.24) is 5.32 Å². The summed E-state index contributed by atoms with van der Waals surface area (Å²) in [6.07, 6.45) is 2.13. The number of hydrogen-bond donors (Lipinski definition) is 2. The fourth-order valence-electron chi connectivity index (χ4n) is 2.84. The largest absolute Gasteiger partial charge is 0.376 e. The fraction of sp³-hybridized carbons (Fsp3) is 0.615. The molecule has 3 N–H and O–H groups in total. The summed E-state index contributed by atoms with van der Waals surface area (Å²) >= 11 is 1.55. The molecule has 98 valence electrons. The highest BCUT2D eigenvalue weighted by Gasteiger charge is 2.52. The van der Waals surface area contributed by atoms with Crippen LogP contribution in [0, 0.1) is 5.92 Å². The lowest BCUT2D eigenvalue weighted by Crippen LogP contribution is -2.68. The molecule has 3 rings (SSSR count). The van der Waals surface area contributed by atoms with Gasteiger partial charge in [-0.15, -0.1) is 11.3 Å². The smallest absolute Gasteiger partial charge is 0.261 e. The number of thiophene rings is 1. The van der Waals surface area contributed by atoms with Crippen molar-refractivity contribution in [2.75, 3.05) is 6.61 Å². The van der Waals surface area contributed by atoms with Crippen LogP contribution in [0.1, 0.15) is 27.9 Å². The Morgan fingerprint density at radius 3 is 3.17 bits per heavy atom. The number of carbonyl (C=O) groups excluding carboxylic acids is 1. The molecule has 0 radical (unpaired) electrons. The van der Waals surface area contributed by atoms with Crippen LogP contribution in [0.15, 0.2) is 12.1 Å². The van der Waals surface area contributed by atoms with Crippen molar-refractivity contribution in [2.45, 2.75) is 38.0 Å². The highest BCUT2D eigenvalue weighted by atomic mass is 32.1. The third kappa shape index (κ3) is 1.86. The van der Waals surface area contributed by atoms with E-state index in [2.05, 4.69) is 12.2 Å². The molecule has 2 fully saturated rings. The Balaban J connectivity index is 1.64. The number of carbonyl (C=O) groups is 1. The molecule has 1 saturated heterocycles. The third-order valence-electron chi connectivity index (χ3n) is 3.98. The van der Waals surface area contributed by atoms with Crippen molar-refractivity contribution < 1.29 is 9.53 Å². The Labute approximate surface area is 111 Å². The molecule has 1 amide bonds. The Bertz CT molecular complexity index is 460. The van der Waals surface area contributed by atoms with Gasteiger partial charge in [-0.3, -0.25) is 4.79 Å². The van der Waals surface area contributed by atoms with E-state index in [0.29, 0.717) is 5.92 Å². The summed E-state index contributed by atoms with van der Waals surface area (Å²) in [6, 6.07) is 3.93. The number of nitrogens with one attached hydrogen (secondary N) is 1. The highest BCUT2D eigenvalue weighted by Crippen LogP contribution is 2.37. The van der Waals surface area contributed by atoms with E-state index in [1.54, 1.807) is 11.3 Å². The van der Waals surface area contributed by atoms with Crippen molar-refractivity contribution in [3.63, 3.8) is 0 Å². The van der Waals surface area contributed by atoms with Crippen LogP contribution in [0.2, 0.25) is 0 Å². The average Bonchev–Trinajstić information content (AvgIpc) is 3.02. The highest BCUT2D eigenvalue weighted by molar-refractivity contribution is 7.14. The number of aryl methyl sites for hydroxylation is 1. The molecule has 1 aromatic rings. The summed E-state index contributed by atoms with van der Waals surface area (Å²) in [5.74, 6) is 0.416. The monoisotopic (exact) mass is 266 g/mol. The van der Waals surface area contributed by atoms with Gasteiger partial charge in [0.05, 0.1) is 17.0 Å². The minimum atomic E-state index is -0.0194. The molecule has 4 nitrogen and oxygen atoms in total. The zero-order valence-electron chi connectivity index (χ0n) is 10.4. The van der Waals surface area contributed by atoms with Crippen LogP contribution in [0.25, 0.3) is 0 Å². The van der Waals surface area contributed by atoms with Crippen LogP contribution in [0.3, 0.4) is 0 Å². The predicted molar refractivity (Wildman–Crippen MR) is 70.8 cm³/mol. The number of rotatable bonds is 3. The van der Waals surface area contributed by atoms with E-state index in [4.69, 9.17) is 10.5 Å². The van der Waals surface area contributed by atoms with Gasteiger partial charge in [-0.05, 0) is 25.0 Å². The quantitative estimate of drug-likeness (QED) is 0.862. The second-order valence-electron chi connectivity index (χ2n) is 4.98. The molecule has 4 unspecified atom stereocenters. The van der Waals surface area contributed by atoms with Gasteiger partial charge in [0.25, 0.3) is 5.91 Å². The van der Waals surface area contributed by atoms with Gasteiger partial charge in [-0.1, -0.05) is 6.92 Å². The van der Waals surface area contributed by atoms with E-state index in [1.165, 1.54) is 4.88 Å². The SMILES string of the molecule is CCc1ccc(C(=O)NC2C(N)C3CCOC32)s1. The average molecular weight is 266 g/mol. The van der Waals surface area contributed by atoms with Crippen molar-refractivity contribution in [2.24, 2.45) is 11.7 Å². The van der Waals surface area contributed by atoms with Crippen LogP contribution < -0.4 is 11.1 Å². The van der Waals surface area contributed by atoms with Crippen molar-refractivity contribution in [3.05, 3.63) is 21.9 Å². The molecule has 2 aliphatic rings. The predicted octanol–water partition coefficient (Wildman–Crippen LogP) is 1.15. The second-order valence-corrected chi connectivity index (χ2v) is 6.15. The Kier molecular flexibility index (Phi) is 3.13. The molecule has 1 saturated carbocycles. The van der Waals surface area contributed by atoms with E-state index in [-0.39, 0.29) is 24.1 Å². The minimum absolute atomic E-state index is 0.0165. The molecular weight excluding hydrogens is 248 g/mol. The number of nitrogens with two attached hydrogens (primary N) is 1. The van der Waals surface area contributed by atoms with E-state index in [9.17, 15) is 4.79 Å². The molecule has 5 heteroatoms. The lowest BCUT2D eigenvalue weighted by molar-refractivity contribution is -0.0160. The van der Waals surface area contributed by atoms with Crippen LogP contribution in [0.4, 0.5) is 0 Å². The third-order valence-corrected chi connectivity index (χ3v) is 5.21. The number of hydrogen-bond acceptors (Lipinski definition) is 4. The first-order chi connectivity index (χ1) is 8.70. The molecule has 0 aromatic carbocycles. The van der Waals surface area contributed by atoms with Crippen molar-refractivity contribution in [1.29, 1.82) is 0 Å². The topological polar surface area (TPSA) is 64.4 Å². The first-order valence-electron chi connectivity index (χ1n) is 6.47. The summed E-state index contributed by atoms with van der Waals surface area (Å²) in [6.45, 7) is 2.86. The van der Waals surface area contributed by atoms with Gasteiger partial charge in [-0.25, -0.2) is 0 Å². The van der Waals surface area contributed by atoms with Gasteiger partial charge in [0.15, 0.2) is 0 Å². The molecule has 1 aliphatic carbocycles. The molecule has 1 aromatic heterocycles. The maximum Gasteiger partial charge on any atom is 0.261 e. The zero-order chi connectivity index (χ0) is 12.7. The van der Waals surface area contributed by atoms with Crippen LogP contribution >= 0.6 is 11.3 Å². The molecule has 18 heavy (non-hydrogen) atoms. The molecule has 0 spiro atoms. The van der Waals surface area contributed by atoms with Gasteiger partial charge < -0.3 is 15.8 Å². The van der Waals surface area contributed by atoms with Gasteiger partial charge in [-0.2, -0.15) is 0 Å². The Morgan fingerprint density at radius 2 is 2.44 bits per heavy atom. The van der Waals surface area contributed by atoms with E-state index in [0.717, 1.165) is 24.3 Å². The molecule has 2 heterocycles. The Hall–Kier alpha value is -0.910. The van der Waals surface area contributed by atoms with Gasteiger partial charge in [0.1, 0.15) is 0 Å². The summed E-state index contributed by atoms with van der Waals surface area (Å²) in [4.78, 5) is 14.1. The van der Waals surface area contributed by atoms with Crippen molar-refractivity contribution >= 4 is 17.2 Å². The first-order valence-corrected chi connectivity index (χ1v) is 7.29. The van der Waals surface area contributed by atoms with Crippen LogP contribution in [-0.2, 0) is 11.2 Å². The van der Waals surface area contributed by atoms with Crippen LogP contribution in [0.5, 0.6) is 0 Å². The van der Waals surface area contributed by atoms with Gasteiger partial charge in [0.2, 0.25) is 0 Å². The second kappa shape index (κ2) is 4.64. The van der Waals surface area contributed by atoms with Crippen LogP contribution in [-0.4, -0.2) is 30.7 Å². The molecule has 1 aliphatic heterocycles. The summed E-state index contributed by atoms with van der Waals surface area (Å²) in [5, 5.41) is 3.01. The number of fused-ring (bicyclic) bond motifs is 1. The fourth-order valence-corrected chi connectivity index (χ4v) is 3.69. The molecule has 4 atom stereocenters. The summed E-state index contributed by atoms with van der Waals surface area (Å²) < 4.78 is 5.61. The Morgan fingerprint density at radius 1 is 1.61 bits per heavy atom. The first kappa shape index (κ1) is 12.1.